The second kappa shape index (κ2) is 13.2. The van der Waals surface area contributed by atoms with Gasteiger partial charge in [0.25, 0.3) is 0 Å². The molecule has 0 radical (unpaired) electrons. The number of guanidine groups is 1. The van der Waals surface area contributed by atoms with Crippen LogP contribution in [0.15, 0.2) is 53.5 Å². The molecule has 2 rings (SSSR count). The molecule has 0 amide bonds. The van der Waals surface area contributed by atoms with E-state index in [-0.39, 0.29) is 24.0 Å². The third kappa shape index (κ3) is 8.49. The number of rotatable bonds is 9. The van der Waals surface area contributed by atoms with Crippen LogP contribution in [0.3, 0.4) is 0 Å². The summed E-state index contributed by atoms with van der Waals surface area (Å²) in [7, 11) is 5.09. The Balaban J connectivity index is 0.00000364. The van der Waals surface area contributed by atoms with E-state index in [1.807, 2.05) is 48.5 Å². The van der Waals surface area contributed by atoms with Crippen LogP contribution in [0, 0.1) is 0 Å². The molecular weight excluding hydrogens is 457 g/mol. The van der Waals surface area contributed by atoms with Crippen molar-refractivity contribution >= 4 is 29.9 Å². The van der Waals surface area contributed by atoms with E-state index in [1.165, 1.54) is 0 Å². The first kappa shape index (κ1) is 23.0. The topological polar surface area (TPSA) is 64.1 Å². The maximum Gasteiger partial charge on any atom is 0.191 e. The number of aliphatic imine (C=N–C) groups is 1. The number of hydrogen-bond acceptors (Lipinski definition) is 4. The van der Waals surface area contributed by atoms with Crippen molar-refractivity contribution in [3.63, 3.8) is 0 Å². The lowest BCUT2D eigenvalue weighted by atomic mass is 10.2. The van der Waals surface area contributed by atoms with E-state index in [2.05, 4.69) is 15.6 Å². The van der Waals surface area contributed by atoms with Crippen molar-refractivity contribution in [3.05, 3.63) is 59.7 Å². The van der Waals surface area contributed by atoms with Crippen molar-refractivity contribution in [2.45, 2.75) is 13.1 Å². The maximum atomic E-state index is 5.56. The summed E-state index contributed by atoms with van der Waals surface area (Å²) < 4.78 is 15.8. The van der Waals surface area contributed by atoms with Gasteiger partial charge in [-0.05, 0) is 35.4 Å². The molecule has 148 valence electrons. The largest absolute Gasteiger partial charge is 0.497 e. The minimum absolute atomic E-state index is 0. The fourth-order valence-electron chi connectivity index (χ4n) is 2.32. The maximum absolute atomic E-state index is 5.56. The Hall–Kier alpha value is -2.00. The first-order chi connectivity index (χ1) is 12.7. The van der Waals surface area contributed by atoms with Crippen molar-refractivity contribution in [3.8, 4) is 11.5 Å². The van der Waals surface area contributed by atoms with E-state index in [9.17, 15) is 0 Å². The van der Waals surface area contributed by atoms with Gasteiger partial charge in [0.05, 0.1) is 13.7 Å². The SMILES string of the molecule is CN=C(NCc1ccc(OCCOC)cc1)NCc1cccc(OC)c1.I. The van der Waals surface area contributed by atoms with Crippen LogP contribution in [-0.4, -0.2) is 40.4 Å². The van der Waals surface area contributed by atoms with Gasteiger partial charge in [-0.15, -0.1) is 24.0 Å². The first-order valence-corrected chi connectivity index (χ1v) is 8.53. The molecular formula is C20H28IN3O3. The van der Waals surface area contributed by atoms with Crippen LogP contribution < -0.4 is 20.1 Å². The zero-order valence-corrected chi connectivity index (χ0v) is 18.4. The molecule has 0 aliphatic heterocycles. The average Bonchev–Trinajstić information content (AvgIpc) is 2.69. The van der Waals surface area contributed by atoms with E-state index in [1.54, 1.807) is 21.3 Å². The summed E-state index contributed by atoms with van der Waals surface area (Å²) in [4.78, 5) is 4.25. The van der Waals surface area contributed by atoms with Gasteiger partial charge >= 0.3 is 0 Å². The summed E-state index contributed by atoms with van der Waals surface area (Å²) in [5.41, 5.74) is 2.28. The fourth-order valence-corrected chi connectivity index (χ4v) is 2.32. The summed E-state index contributed by atoms with van der Waals surface area (Å²) in [6, 6.07) is 15.9. The summed E-state index contributed by atoms with van der Waals surface area (Å²) in [5, 5.41) is 6.60. The molecule has 0 atom stereocenters. The van der Waals surface area contributed by atoms with Gasteiger partial charge in [0.15, 0.2) is 5.96 Å². The van der Waals surface area contributed by atoms with E-state index < -0.39 is 0 Å². The lowest BCUT2D eigenvalue weighted by Crippen LogP contribution is -2.36. The van der Waals surface area contributed by atoms with Gasteiger partial charge in [-0.1, -0.05) is 24.3 Å². The number of hydrogen-bond donors (Lipinski definition) is 2. The zero-order valence-electron chi connectivity index (χ0n) is 16.0. The van der Waals surface area contributed by atoms with Crippen molar-refractivity contribution in [2.75, 3.05) is 34.5 Å². The number of nitrogens with one attached hydrogen (secondary N) is 2. The van der Waals surface area contributed by atoms with Crippen molar-refractivity contribution in [1.29, 1.82) is 0 Å². The molecule has 0 aliphatic rings. The Morgan fingerprint density at radius 2 is 1.59 bits per heavy atom. The van der Waals surface area contributed by atoms with Crippen molar-refractivity contribution < 1.29 is 14.2 Å². The number of nitrogens with zero attached hydrogens (tertiary/aromatic N) is 1. The van der Waals surface area contributed by atoms with E-state index in [0.717, 1.165) is 28.6 Å². The van der Waals surface area contributed by atoms with Crippen LogP contribution in [-0.2, 0) is 17.8 Å². The quantitative estimate of drug-likeness (QED) is 0.247. The predicted molar refractivity (Wildman–Crippen MR) is 119 cm³/mol. The van der Waals surface area contributed by atoms with Gasteiger partial charge in [-0.2, -0.15) is 0 Å². The highest BCUT2D eigenvalue weighted by molar-refractivity contribution is 14.0. The third-order valence-corrected chi connectivity index (χ3v) is 3.76. The molecule has 2 aromatic rings. The van der Waals surface area contributed by atoms with Crippen LogP contribution in [0.25, 0.3) is 0 Å². The van der Waals surface area contributed by atoms with E-state index >= 15 is 0 Å². The Bertz CT molecular complexity index is 693. The Labute approximate surface area is 178 Å². The van der Waals surface area contributed by atoms with Gasteiger partial charge in [0.2, 0.25) is 0 Å². The molecule has 0 unspecified atom stereocenters. The monoisotopic (exact) mass is 485 g/mol. The second-order valence-corrected chi connectivity index (χ2v) is 5.62. The predicted octanol–water partition coefficient (Wildman–Crippen LogP) is 3.20. The van der Waals surface area contributed by atoms with E-state index in [0.29, 0.717) is 26.3 Å². The molecule has 0 aromatic heterocycles. The summed E-state index contributed by atoms with van der Waals surface area (Å²) in [5.74, 6) is 2.43. The lowest BCUT2D eigenvalue weighted by molar-refractivity contribution is 0.146. The molecule has 27 heavy (non-hydrogen) atoms. The summed E-state index contributed by atoms with van der Waals surface area (Å²) in [6.07, 6.45) is 0. The lowest BCUT2D eigenvalue weighted by Gasteiger charge is -2.13. The Morgan fingerprint density at radius 3 is 2.22 bits per heavy atom. The van der Waals surface area contributed by atoms with Gasteiger partial charge in [0, 0.05) is 27.2 Å². The second-order valence-electron chi connectivity index (χ2n) is 5.62. The summed E-state index contributed by atoms with van der Waals surface area (Å²) in [6.45, 7) is 2.48. The number of halogens is 1. The van der Waals surface area contributed by atoms with Crippen molar-refractivity contribution in [1.82, 2.24) is 10.6 Å². The van der Waals surface area contributed by atoms with Crippen LogP contribution in [0.4, 0.5) is 0 Å². The standard InChI is InChI=1S/C20H27N3O3.HI/c1-21-20(23-15-17-5-4-6-19(13-17)25-3)22-14-16-7-9-18(10-8-16)26-12-11-24-2;/h4-10,13H,11-12,14-15H2,1-3H3,(H2,21,22,23);1H. The normalized spacial score (nSPS) is 10.7. The zero-order chi connectivity index (χ0) is 18.6. The Morgan fingerprint density at radius 1 is 0.889 bits per heavy atom. The smallest absolute Gasteiger partial charge is 0.191 e. The minimum atomic E-state index is 0. The van der Waals surface area contributed by atoms with Crippen LogP contribution >= 0.6 is 24.0 Å². The Kier molecular flexibility index (Phi) is 11.3. The van der Waals surface area contributed by atoms with Crippen LogP contribution in [0.2, 0.25) is 0 Å². The molecule has 0 spiro atoms. The molecule has 0 saturated carbocycles. The highest BCUT2D eigenvalue weighted by Crippen LogP contribution is 2.13. The van der Waals surface area contributed by atoms with Gasteiger partial charge < -0.3 is 24.8 Å². The first-order valence-electron chi connectivity index (χ1n) is 8.53. The molecule has 6 nitrogen and oxygen atoms in total. The molecule has 2 aromatic carbocycles. The number of ether oxygens (including phenoxy) is 3. The average molecular weight is 485 g/mol. The molecule has 0 aliphatic carbocycles. The summed E-state index contributed by atoms with van der Waals surface area (Å²) >= 11 is 0. The molecule has 0 heterocycles. The van der Waals surface area contributed by atoms with E-state index in [4.69, 9.17) is 14.2 Å². The molecule has 0 saturated heterocycles. The molecule has 7 heteroatoms. The number of methoxy groups -OCH3 is 2. The van der Waals surface area contributed by atoms with Crippen LogP contribution in [0.1, 0.15) is 11.1 Å². The highest BCUT2D eigenvalue weighted by atomic mass is 127. The van der Waals surface area contributed by atoms with Crippen LogP contribution in [0.5, 0.6) is 11.5 Å². The molecule has 0 bridgehead atoms. The number of benzene rings is 2. The van der Waals surface area contributed by atoms with Gasteiger partial charge in [-0.25, -0.2) is 0 Å². The fraction of sp³-hybridized carbons (Fsp3) is 0.350. The molecule has 2 N–H and O–H groups in total. The minimum Gasteiger partial charge on any atom is -0.497 e. The van der Waals surface area contributed by atoms with Gasteiger partial charge in [-0.3, -0.25) is 4.99 Å². The highest BCUT2D eigenvalue weighted by Gasteiger charge is 2.01. The molecule has 0 fully saturated rings. The van der Waals surface area contributed by atoms with Gasteiger partial charge in [0.1, 0.15) is 18.1 Å². The van der Waals surface area contributed by atoms with Crippen molar-refractivity contribution in [2.24, 2.45) is 4.99 Å². The third-order valence-electron chi connectivity index (χ3n) is 3.76.